The van der Waals surface area contributed by atoms with Gasteiger partial charge in [0.25, 0.3) is 0 Å². The summed E-state index contributed by atoms with van der Waals surface area (Å²) in [5.41, 5.74) is 1.90. The van der Waals surface area contributed by atoms with Crippen LogP contribution in [-0.4, -0.2) is 13.0 Å². The monoisotopic (exact) mass is 303 g/mol. The second-order valence-electron chi connectivity index (χ2n) is 7.11. The molecule has 3 unspecified atom stereocenters. The standard InChI is InChI=1S/C19H29NO2/c1-12(2)16-8-6-13(3)10-17(16)19(21)20-15-7-9-18(22-5)14(4)11-15/h7,9,11-13,16-17H,6,8,10H2,1-5H3,(H,20,21). The van der Waals surface area contributed by atoms with Crippen LogP contribution in [0.2, 0.25) is 0 Å². The first kappa shape index (κ1) is 16.9. The number of amides is 1. The molecule has 1 N–H and O–H groups in total. The number of benzene rings is 1. The van der Waals surface area contributed by atoms with Gasteiger partial charge >= 0.3 is 0 Å². The third kappa shape index (κ3) is 3.82. The topological polar surface area (TPSA) is 38.3 Å². The fourth-order valence-corrected chi connectivity index (χ4v) is 3.69. The van der Waals surface area contributed by atoms with Crippen molar-refractivity contribution >= 4 is 11.6 Å². The molecule has 3 heteroatoms. The van der Waals surface area contributed by atoms with Gasteiger partial charge in [-0.05, 0) is 61.3 Å². The van der Waals surface area contributed by atoms with Crippen molar-refractivity contribution in [1.29, 1.82) is 0 Å². The Kier molecular flexibility index (Phi) is 5.49. The normalized spacial score (nSPS) is 25.1. The van der Waals surface area contributed by atoms with Crippen molar-refractivity contribution in [2.75, 3.05) is 12.4 Å². The van der Waals surface area contributed by atoms with Crippen molar-refractivity contribution in [3.05, 3.63) is 23.8 Å². The Bertz CT molecular complexity index is 524. The Labute approximate surface area is 134 Å². The van der Waals surface area contributed by atoms with Gasteiger partial charge in [-0.15, -0.1) is 0 Å². The molecule has 0 saturated heterocycles. The summed E-state index contributed by atoms with van der Waals surface area (Å²) in [7, 11) is 1.66. The lowest BCUT2D eigenvalue weighted by molar-refractivity contribution is -0.123. The Balaban J connectivity index is 2.10. The van der Waals surface area contributed by atoms with Gasteiger partial charge in [0.1, 0.15) is 5.75 Å². The van der Waals surface area contributed by atoms with E-state index in [9.17, 15) is 4.79 Å². The zero-order chi connectivity index (χ0) is 16.3. The number of carbonyl (C=O) groups excluding carboxylic acids is 1. The van der Waals surface area contributed by atoms with E-state index in [-0.39, 0.29) is 11.8 Å². The number of hydrogen-bond acceptors (Lipinski definition) is 2. The molecule has 1 aromatic rings. The number of carbonyl (C=O) groups is 1. The van der Waals surface area contributed by atoms with E-state index in [1.807, 2.05) is 25.1 Å². The second kappa shape index (κ2) is 7.17. The molecule has 3 atom stereocenters. The van der Waals surface area contributed by atoms with Gasteiger partial charge in [0.2, 0.25) is 5.91 Å². The van der Waals surface area contributed by atoms with Gasteiger partial charge in [0, 0.05) is 11.6 Å². The molecule has 1 aliphatic rings. The van der Waals surface area contributed by atoms with Crippen LogP contribution in [0.5, 0.6) is 5.75 Å². The van der Waals surface area contributed by atoms with Crippen LogP contribution in [0.25, 0.3) is 0 Å². The van der Waals surface area contributed by atoms with Gasteiger partial charge in [-0.2, -0.15) is 0 Å². The van der Waals surface area contributed by atoms with Crippen molar-refractivity contribution in [3.63, 3.8) is 0 Å². The summed E-state index contributed by atoms with van der Waals surface area (Å²) >= 11 is 0. The predicted octanol–water partition coefficient (Wildman–Crippen LogP) is 4.65. The molecule has 0 heterocycles. The largest absolute Gasteiger partial charge is 0.496 e. The summed E-state index contributed by atoms with van der Waals surface area (Å²) in [4.78, 5) is 12.8. The summed E-state index contributed by atoms with van der Waals surface area (Å²) in [5.74, 6) is 2.85. The fraction of sp³-hybridized carbons (Fsp3) is 0.632. The maximum absolute atomic E-state index is 12.8. The predicted molar refractivity (Wildman–Crippen MR) is 91.2 cm³/mol. The van der Waals surface area contributed by atoms with Crippen molar-refractivity contribution in [1.82, 2.24) is 0 Å². The molecule has 0 radical (unpaired) electrons. The van der Waals surface area contributed by atoms with Crippen LogP contribution in [0, 0.1) is 30.6 Å². The van der Waals surface area contributed by atoms with Crippen LogP contribution < -0.4 is 10.1 Å². The number of hydrogen-bond donors (Lipinski definition) is 1. The molecule has 2 rings (SSSR count). The SMILES string of the molecule is COc1ccc(NC(=O)C2CC(C)CCC2C(C)C)cc1C. The highest BCUT2D eigenvalue weighted by Gasteiger charge is 2.35. The molecule has 0 aliphatic heterocycles. The second-order valence-corrected chi connectivity index (χ2v) is 7.11. The van der Waals surface area contributed by atoms with Crippen LogP contribution in [-0.2, 0) is 4.79 Å². The first-order chi connectivity index (χ1) is 10.4. The minimum atomic E-state index is 0.131. The third-order valence-electron chi connectivity index (χ3n) is 5.02. The van der Waals surface area contributed by atoms with Crippen LogP contribution in [0.15, 0.2) is 18.2 Å². The number of ether oxygens (including phenoxy) is 1. The summed E-state index contributed by atoms with van der Waals surface area (Å²) in [6.45, 7) is 8.72. The molecule has 1 aromatic carbocycles. The Morgan fingerprint density at radius 1 is 1.32 bits per heavy atom. The van der Waals surface area contributed by atoms with Crippen molar-refractivity contribution < 1.29 is 9.53 Å². The van der Waals surface area contributed by atoms with Gasteiger partial charge in [-0.3, -0.25) is 4.79 Å². The molecule has 1 fully saturated rings. The molecular formula is C19H29NO2. The highest BCUT2D eigenvalue weighted by molar-refractivity contribution is 5.93. The molecule has 0 spiro atoms. The summed E-state index contributed by atoms with van der Waals surface area (Å²) in [6.07, 6.45) is 3.41. The molecule has 0 bridgehead atoms. The van der Waals surface area contributed by atoms with Crippen molar-refractivity contribution in [2.24, 2.45) is 23.7 Å². The zero-order valence-corrected chi connectivity index (χ0v) is 14.5. The first-order valence-electron chi connectivity index (χ1n) is 8.37. The van der Waals surface area contributed by atoms with Gasteiger partial charge in [-0.1, -0.05) is 27.2 Å². The highest BCUT2D eigenvalue weighted by atomic mass is 16.5. The molecule has 0 aromatic heterocycles. The zero-order valence-electron chi connectivity index (χ0n) is 14.5. The lowest BCUT2D eigenvalue weighted by Gasteiger charge is -2.36. The van der Waals surface area contributed by atoms with Gasteiger partial charge in [0.05, 0.1) is 7.11 Å². The maximum atomic E-state index is 12.8. The quantitative estimate of drug-likeness (QED) is 0.879. The number of nitrogens with one attached hydrogen (secondary N) is 1. The van der Waals surface area contributed by atoms with Gasteiger partial charge < -0.3 is 10.1 Å². The average Bonchev–Trinajstić information content (AvgIpc) is 2.47. The lowest BCUT2D eigenvalue weighted by atomic mass is 9.70. The first-order valence-corrected chi connectivity index (χ1v) is 8.37. The van der Waals surface area contributed by atoms with E-state index in [0.29, 0.717) is 17.8 Å². The van der Waals surface area contributed by atoms with Gasteiger partial charge in [0.15, 0.2) is 0 Å². The Hall–Kier alpha value is -1.51. The average molecular weight is 303 g/mol. The minimum absolute atomic E-state index is 0.131. The molecule has 22 heavy (non-hydrogen) atoms. The summed E-state index contributed by atoms with van der Waals surface area (Å²) in [6, 6.07) is 5.81. The number of methoxy groups -OCH3 is 1. The van der Waals surface area contributed by atoms with Gasteiger partial charge in [-0.25, -0.2) is 0 Å². The molecule has 3 nitrogen and oxygen atoms in total. The molecule has 1 amide bonds. The number of aryl methyl sites for hydroxylation is 1. The Morgan fingerprint density at radius 3 is 2.64 bits per heavy atom. The van der Waals surface area contributed by atoms with E-state index in [1.54, 1.807) is 7.11 Å². The van der Waals surface area contributed by atoms with Crippen molar-refractivity contribution in [2.45, 2.75) is 47.0 Å². The molecule has 1 saturated carbocycles. The smallest absolute Gasteiger partial charge is 0.227 e. The molecule has 122 valence electrons. The van der Waals surface area contributed by atoms with Crippen LogP contribution in [0.3, 0.4) is 0 Å². The van der Waals surface area contributed by atoms with E-state index in [1.165, 1.54) is 12.8 Å². The Morgan fingerprint density at radius 2 is 2.05 bits per heavy atom. The van der Waals surface area contributed by atoms with E-state index in [2.05, 4.69) is 26.1 Å². The maximum Gasteiger partial charge on any atom is 0.227 e. The third-order valence-corrected chi connectivity index (χ3v) is 5.02. The lowest BCUT2D eigenvalue weighted by Crippen LogP contribution is -2.36. The number of rotatable bonds is 4. The highest BCUT2D eigenvalue weighted by Crippen LogP contribution is 2.38. The van der Waals surface area contributed by atoms with E-state index in [0.717, 1.165) is 23.4 Å². The van der Waals surface area contributed by atoms with Crippen LogP contribution >= 0.6 is 0 Å². The van der Waals surface area contributed by atoms with E-state index < -0.39 is 0 Å². The van der Waals surface area contributed by atoms with Crippen molar-refractivity contribution in [3.8, 4) is 5.75 Å². The van der Waals surface area contributed by atoms with E-state index in [4.69, 9.17) is 4.74 Å². The van der Waals surface area contributed by atoms with Crippen LogP contribution in [0.4, 0.5) is 5.69 Å². The minimum Gasteiger partial charge on any atom is -0.496 e. The fourth-order valence-electron chi connectivity index (χ4n) is 3.69. The number of anilines is 1. The molecule has 1 aliphatic carbocycles. The summed E-state index contributed by atoms with van der Waals surface area (Å²) in [5, 5.41) is 3.11. The molecular weight excluding hydrogens is 274 g/mol. The van der Waals surface area contributed by atoms with E-state index >= 15 is 0 Å². The summed E-state index contributed by atoms with van der Waals surface area (Å²) < 4.78 is 5.27. The van der Waals surface area contributed by atoms with Crippen LogP contribution in [0.1, 0.15) is 45.6 Å².